The van der Waals surface area contributed by atoms with Crippen LogP contribution in [-0.4, -0.2) is 50.7 Å². The third kappa shape index (κ3) is 5.15. The van der Waals surface area contributed by atoms with Crippen LogP contribution < -0.4 is 20.1 Å². The van der Waals surface area contributed by atoms with Crippen LogP contribution in [0, 0.1) is 0 Å². The predicted molar refractivity (Wildman–Crippen MR) is 142 cm³/mol. The molecule has 1 atom stereocenters. The highest BCUT2D eigenvalue weighted by molar-refractivity contribution is 7.90. The molecule has 13 heteroatoms. The number of anilines is 2. The van der Waals surface area contributed by atoms with Gasteiger partial charge in [0.25, 0.3) is 5.91 Å². The lowest BCUT2D eigenvalue weighted by molar-refractivity contribution is -0.117. The van der Waals surface area contributed by atoms with Crippen LogP contribution in [0.25, 0.3) is 10.2 Å². The summed E-state index contributed by atoms with van der Waals surface area (Å²) in [5.41, 5.74) is 1.60. The summed E-state index contributed by atoms with van der Waals surface area (Å²) < 4.78 is 34.8. The summed E-state index contributed by atoms with van der Waals surface area (Å²) in [6.07, 6.45) is 2.42. The first-order valence-corrected chi connectivity index (χ1v) is 14.6. The first kappa shape index (κ1) is 25.1. The summed E-state index contributed by atoms with van der Waals surface area (Å²) in [6, 6.07) is 9.56. The van der Waals surface area contributed by atoms with Gasteiger partial charge >= 0.3 is 0 Å². The fraction of sp³-hybridized carbons (Fsp3) is 0.250. The van der Waals surface area contributed by atoms with Gasteiger partial charge in [-0.2, -0.15) is 0 Å². The number of sulfone groups is 1. The van der Waals surface area contributed by atoms with E-state index >= 15 is 0 Å². The van der Waals surface area contributed by atoms with E-state index in [-0.39, 0.29) is 16.7 Å². The number of thiazole rings is 2. The zero-order valence-electron chi connectivity index (χ0n) is 20.0. The number of nitrogens with zero attached hydrogens (tertiary/aromatic N) is 2. The quantitative estimate of drug-likeness (QED) is 0.346. The predicted octanol–water partition coefficient (Wildman–Crippen LogP) is 4.09. The number of aryl methyl sites for hydroxylation is 1. The Labute approximate surface area is 220 Å². The van der Waals surface area contributed by atoms with E-state index in [1.165, 1.54) is 43.0 Å². The second-order valence-corrected chi connectivity index (χ2v) is 12.5. The third-order valence-electron chi connectivity index (χ3n) is 5.89. The minimum absolute atomic E-state index is 0.200. The number of rotatable bonds is 7. The Morgan fingerprint density at radius 1 is 0.973 bits per heavy atom. The highest BCUT2D eigenvalue weighted by atomic mass is 32.2. The van der Waals surface area contributed by atoms with Crippen LogP contribution in [0.2, 0.25) is 0 Å². The number of fused-ring (bicyclic) bond motifs is 2. The van der Waals surface area contributed by atoms with Crippen molar-refractivity contribution in [2.45, 2.75) is 23.7 Å². The van der Waals surface area contributed by atoms with E-state index in [0.29, 0.717) is 56.1 Å². The van der Waals surface area contributed by atoms with E-state index in [9.17, 15) is 18.0 Å². The maximum absolute atomic E-state index is 13.1. The van der Waals surface area contributed by atoms with Crippen LogP contribution in [0.1, 0.15) is 33.3 Å². The van der Waals surface area contributed by atoms with Gasteiger partial charge < -0.3 is 14.8 Å². The average Bonchev–Trinajstić information content (AvgIpc) is 3.56. The SMILES string of the molecule is COc1cc(OC)cc(C(=O)Nc2nc3c(s2)CCC3C(=O)Nc2nc3ccc(S(C)(=O)=O)cc3s2)c1. The molecule has 0 spiro atoms. The van der Waals surface area contributed by atoms with Gasteiger partial charge in [-0.1, -0.05) is 11.3 Å². The van der Waals surface area contributed by atoms with E-state index in [1.54, 1.807) is 30.3 Å². The molecule has 192 valence electrons. The largest absolute Gasteiger partial charge is 0.497 e. The monoisotopic (exact) mass is 558 g/mol. The number of methoxy groups -OCH3 is 2. The lowest BCUT2D eigenvalue weighted by Gasteiger charge is -2.09. The minimum atomic E-state index is -3.34. The van der Waals surface area contributed by atoms with Crippen LogP contribution in [0.5, 0.6) is 11.5 Å². The molecule has 4 aromatic rings. The summed E-state index contributed by atoms with van der Waals surface area (Å²) in [5.74, 6) is -0.113. The molecule has 0 bridgehead atoms. The number of ether oxygens (including phenoxy) is 2. The van der Waals surface area contributed by atoms with Crippen LogP contribution >= 0.6 is 22.7 Å². The number of carbonyl (C=O) groups is 2. The van der Waals surface area contributed by atoms with Gasteiger partial charge in [-0.3, -0.25) is 14.9 Å². The Morgan fingerprint density at radius 2 is 1.68 bits per heavy atom. The third-order valence-corrected chi connectivity index (χ3v) is 8.98. The van der Waals surface area contributed by atoms with Gasteiger partial charge in [0.2, 0.25) is 5.91 Å². The van der Waals surface area contributed by atoms with Crippen molar-refractivity contribution in [3.63, 3.8) is 0 Å². The van der Waals surface area contributed by atoms with Gasteiger partial charge in [0.05, 0.1) is 40.9 Å². The van der Waals surface area contributed by atoms with E-state index in [2.05, 4.69) is 20.6 Å². The fourth-order valence-electron chi connectivity index (χ4n) is 4.03. The molecular weight excluding hydrogens is 536 g/mol. The number of benzene rings is 2. The molecule has 1 unspecified atom stereocenters. The van der Waals surface area contributed by atoms with Crippen LogP contribution in [0.3, 0.4) is 0 Å². The second kappa shape index (κ2) is 9.72. The summed E-state index contributed by atoms with van der Waals surface area (Å²) in [4.78, 5) is 36.0. The van der Waals surface area contributed by atoms with Crippen LogP contribution in [0.4, 0.5) is 10.3 Å². The Balaban J connectivity index is 1.31. The zero-order chi connectivity index (χ0) is 26.3. The molecular formula is C24H22N4O6S3. The fourth-order valence-corrected chi connectivity index (χ4v) is 6.69. The van der Waals surface area contributed by atoms with Crippen molar-refractivity contribution in [3.8, 4) is 11.5 Å². The lowest BCUT2D eigenvalue weighted by Crippen LogP contribution is -2.20. The Morgan fingerprint density at radius 3 is 2.35 bits per heavy atom. The maximum atomic E-state index is 13.1. The summed E-state index contributed by atoms with van der Waals surface area (Å²) in [7, 11) is -0.328. The smallest absolute Gasteiger partial charge is 0.257 e. The molecule has 0 saturated heterocycles. The minimum Gasteiger partial charge on any atom is -0.497 e. The number of carbonyl (C=O) groups excluding carboxylic acids is 2. The lowest BCUT2D eigenvalue weighted by atomic mass is 10.1. The number of amides is 2. The number of hydrogen-bond donors (Lipinski definition) is 2. The maximum Gasteiger partial charge on any atom is 0.257 e. The molecule has 2 aromatic heterocycles. The molecule has 10 nitrogen and oxygen atoms in total. The standard InChI is InChI=1S/C24H22N4O6S3/c1-33-13-8-12(9-14(10-13)34-2)21(29)27-24-26-20-16(5-7-18(20)35-24)22(30)28-23-25-17-6-4-15(37(3,31)32)11-19(17)36-23/h4,6,8-11,16H,5,7H2,1-3H3,(H,25,28,30)(H,26,27,29). The van der Waals surface area contributed by atoms with Gasteiger partial charge in [-0.25, -0.2) is 18.4 Å². The Kier molecular flexibility index (Phi) is 6.60. The van der Waals surface area contributed by atoms with Crippen molar-refractivity contribution in [3.05, 3.63) is 52.5 Å². The molecule has 2 N–H and O–H groups in total. The van der Waals surface area contributed by atoms with Crippen molar-refractivity contribution >= 4 is 64.8 Å². The molecule has 2 aromatic carbocycles. The van der Waals surface area contributed by atoms with Crippen molar-refractivity contribution in [1.82, 2.24) is 9.97 Å². The molecule has 5 rings (SSSR count). The van der Waals surface area contributed by atoms with Crippen molar-refractivity contribution in [1.29, 1.82) is 0 Å². The molecule has 1 aliphatic carbocycles. The van der Waals surface area contributed by atoms with E-state index < -0.39 is 15.8 Å². The van der Waals surface area contributed by atoms with Crippen molar-refractivity contribution in [2.75, 3.05) is 31.1 Å². The first-order valence-electron chi connectivity index (χ1n) is 11.1. The van der Waals surface area contributed by atoms with E-state index in [0.717, 1.165) is 11.1 Å². The number of hydrogen-bond acceptors (Lipinski definition) is 10. The van der Waals surface area contributed by atoms with E-state index in [1.807, 2.05) is 0 Å². The molecule has 1 aliphatic rings. The van der Waals surface area contributed by atoms with Crippen molar-refractivity contribution in [2.24, 2.45) is 0 Å². The topological polar surface area (TPSA) is 137 Å². The molecule has 0 aliphatic heterocycles. The highest BCUT2D eigenvalue weighted by Crippen LogP contribution is 2.39. The highest BCUT2D eigenvalue weighted by Gasteiger charge is 2.33. The zero-order valence-corrected chi connectivity index (χ0v) is 22.5. The Bertz CT molecular complexity index is 1620. The Hall–Kier alpha value is -3.55. The van der Waals surface area contributed by atoms with Gasteiger partial charge in [0, 0.05) is 22.8 Å². The van der Waals surface area contributed by atoms with Crippen LogP contribution in [-0.2, 0) is 21.1 Å². The molecule has 0 radical (unpaired) electrons. The van der Waals surface area contributed by atoms with Crippen molar-refractivity contribution < 1.29 is 27.5 Å². The summed E-state index contributed by atoms with van der Waals surface area (Å²) >= 11 is 2.55. The number of aromatic nitrogens is 2. The summed E-state index contributed by atoms with van der Waals surface area (Å²) in [6.45, 7) is 0. The summed E-state index contributed by atoms with van der Waals surface area (Å²) in [5, 5.41) is 6.43. The normalized spacial score (nSPS) is 14.8. The molecule has 0 saturated carbocycles. The van der Waals surface area contributed by atoms with E-state index in [4.69, 9.17) is 9.47 Å². The van der Waals surface area contributed by atoms with Gasteiger partial charge in [0.15, 0.2) is 20.1 Å². The average molecular weight is 559 g/mol. The molecule has 37 heavy (non-hydrogen) atoms. The number of nitrogens with one attached hydrogen (secondary N) is 2. The molecule has 2 amide bonds. The van der Waals surface area contributed by atoms with Gasteiger partial charge in [-0.15, -0.1) is 11.3 Å². The van der Waals surface area contributed by atoms with Gasteiger partial charge in [-0.05, 0) is 43.2 Å². The second-order valence-electron chi connectivity index (χ2n) is 8.38. The molecule has 2 heterocycles. The van der Waals surface area contributed by atoms with Crippen LogP contribution in [0.15, 0.2) is 41.3 Å². The first-order chi connectivity index (χ1) is 17.6. The molecule has 0 fully saturated rings. The van der Waals surface area contributed by atoms with Gasteiger partial charge in [0.1, 0.15) is 11.5 Å².